The molecular weight excluding hydrogens is 382 g/mol. The lowest BCUT2D eigenvalue weighted by molar-refractivity contribution is -0.0721. The summed E-state index contributed by atoms with van der Waals surface area (Å²) in [5.41, 5.74) is 0. The minimum absolute atomic E-state index is 0.0199. The lowest BCUT2D eigenvalue weighted by Gasteiger charge is -2.35. The van der Waals surface area contributed by atoms with Crippen LogP contribution in [0.4, 0.5) is 0 Å². The monoisotopic (exact) mass is 419 g/mol. The number of rotatable bonds is 8. The maximum Gasteiger partial charge on any atom is 0.193 e. The van der Waals surface area contributed by atoms with Crippen molar-refractivity contribution in [1.29, 1.82) is 0 Å². The number of nitrogens with zero attached hydrogens (tertiary/aromatic N) is 2. The Balaban J connectivity index is 1.35. The van der Waals surface area contributed by atoms with Crippen LogP contribution in [0.15, 0.2) is 29.3 Å². The molecule has 1 N–H and O–H groups in total. The molecule has 2 unspecified atom stereocenters. The molecule has 2 fully saturated rings. The number of hydrogen-bond acceptors (Lipinski definition) is 5. The summed E-state index contributed by atoms with van der Waals surface area (Å²) in [6.07, 6.45) is 6.25. The van der Waals surface area contributed by atoms with Crippen molar-refractivity contribution in [2.75, 3.05) is 47.0 Å². The van der Waals surface area contributed by atoms with Crippen LogP contribution in [0.5, 0.6) is 11.5 Å². The fraction of sp³-hybridized carbons (Fsp3) is 0.696. The normalized spacial score (nSPS) is 21.9. The Kier molecular flexibility index (Phi) is 9.08. The molecule has 0 bridgehead atoms. The van der Waals surface area contributed by atoms with Gasteiger partial charge < -0.3 is 29.2 Å². The van der Waals surface area contributed by atoms with Crippen LogP contribution in [0, 0.1) is 0 Å². The SMILES string of the molecule is CN=C(NCC(C)Oc1ccc(OC)cc1)N1CCC(OCC2CCCCO2)CC1. The van der Waals surface area contributed by atoms with Crippen molar-refractivity contribution in [1.82, 2.24) is 10.2 Å². The van der Waals surface area contributed by atoms with Crippen LogP contribution in [0.2, 0.25) is 0 Å². The van der Waals surface area contributed by atoms with Gasteiger partial charge >= 0.3 is 0 Å². The van der Waals surface area contributed by atoms with E-state index < -0.39 is 0 Å². The minimum Gasteiger partial charge on any atom is -0.497 e. The molecule has 0 aromatic heterocycles. The molecule has 2 aliphatic heterocycles. The molecule has 0 amide bonds. The number of methoxy groups -OCH3 is 1. The largest absolute Gasteiger partial charge is 0.497 e. The second kappa shape index (κ2) is 12.0. The van der Waals surface area contributed by atoms with E-state index in [0.29, 0.717) is 18.8 Å². The van der Waals surface area contributed by atoms with Crippen LogP contribution >= 0.6 is 0 Å². The number of aliphatic imine (C=N–C) groups is 1. The zero-order chi connectivity index (χ0) is 21.2. The van der Waals surface area contributed by atoms with E-state index in [1.807, 2.05) is 31.3 Å². The van der Waals surface area contributed by atoms with Crippen molar-refractivity contribution >= 4 is 5.96 Å². The van der Waals surface area contributed by atoms with E-state index in [2.05, 4.69) is 22.1 Å². The summed E-state index contributed by atoms with van der Waals surface area (Å²) in [5, 5.41) is 3.45. The van der Waals surface area contributed by atoms with Crippen LogP contribution in [0.1, 0.15) is 39.0 Å². The predicted octanol–water partition coefficient (Wildman–Crippen LogP) is 3.09. The Morgan fingerprint density at radius 1 is 1.17 bits per heavy atom. The lowest BCUT2D eigenvalue weighted by atomic mass is 10.1. The van der Waals surface area contributed by atoms with Crippen molar-refractivity contribution in [3.63, 3.8) is 0 Å². The smallest absolute Gasteiger partial charge is 0.193 e. The Morgan fingerprint density at radius 2 is 1.90 bits per heavy atom. The van der Waals surface area contributed by atoms with Crippen LogP contribution < -0.4 is 14.8 Å². The molecule has 0 radical (unpaired) electrons. The van der Waals surface area contributed by atoms with Gasteiger partial charge in [0.1, 0.15) is 17.6 Å². The van der Waals surface area contributed by atoms with E-state index in [4.69, 9.17) is 18.9 Å². The molecule has 7 nitrogen and oxygen atoms in total. The number of hydrogen-bond donors (Lipinski definition) is 1. The van der Waals surface area contributed by atoms with Gasteiger partial charge in [-0.05, 0) is 63.3 Å². The van der Waals surface area contributed by atoms with Gasteiger partial charge in [0, 0.05) is 26.7 Å². The van der Waals surface area contributed by atoms with Gasteiger partial charge in [0.05, 0.1) is 32.5 Å². The van der Waals surface area contributed by atoms with Gasteiger partial charge in [-0.25, -0.2) is 0 Å². The van der Waals surface area contributed by atoms with Gasteiger partial charge in [0.2, 0.25) is 0 Å². The van der Waals surface area contributed by atoms with Crippen molar-refractivity contribution in [2.24, 2.45) is 4.99 Å². The molecule has 0 saturated carbocycles. The zero-order valence-electron chi connectivity index (χ0n) is 18.6. The van der Waals surface area contributed by atoms with E-state index in [9.17, 15) is 0 Å². The number of guanidine groups is 1. The van der Waals surface area contributed by atoms with Crippen molar-refractivity contribution < 1.29 is 18.9 Å². The number of nitrogens with one attached hydrogen (secondary N) is 1. The van der Waals surface area contributed by atoms with E-state index in [1.165, 1.54) is 12.8 Å². The Bertz CT molecular complexity index is 638. The second-order valence-corrected chi connectivity index (χ2v) is 8.04. The summed E-state index contributed by atoms with van der Waals surface area (Å²) in [7, 11) is 3.49. The minimum atomic E-state index is 0.0199. The third-order valence-electron chi connectivity index (χ3n) is 5.69. The highest BCUT2D eigenvalue weighted by Gasteiger charge is 2.24. The van der Waals surface area contributed by atoms with Crippen LogP contribution in [-0.2, 0) is 9.47 Å². The van der Waals surface area contributed by atoms with Gasteiger partial charge in [-0.15, -0.1) is 0 Å². The first-order valence-electron chi connectivity index (χ1n) is 11.2. The molecule has 1 aromatic rings. The summed E-state index contributed by atoms with van der Waals surface area (Å²) in [6.45, 7) is 6.26. The molecular formula is C23H37N3O4. The number of ether oxygens (including phenoxy) is 4. The van der Waals surface area contributed by atoms with E-state index in [0.717, 1.165) is 63.0 Å². The number of piperidine rings is 1. The Labute approximate surface area is 180 Å². The van der Waals surface area contributed by atoms with E-state index in [-0.39, 0.29) is 6.10 Å². The molecule has 2 atom stereocenters. The van der Waals surface area contributed by atoms with Gasteiger partial charge in [-0.2, -0.15) is 0 Å². The van der Waals surface area contributed by atoms with Crippen molar-refractivity contribution in [2.45, 2.75) is 57.3 Å². The number of benzene rings is 1. The topological polar surface area (TPSA) is 64.6 Å². The fourth-order valence-corrected chi connectivity index (χ4v) is 3.91. The summed E-state index contributed by atoms with van der Waals surface area (Å²) in [4.78, 5) is 6.76. The average Bonchev–Trinajstić information content (AvgIpc) is 2.80. The predicted molar refractivity (Wildman–Crippen MR) is 119 cm³/mol. The van der Waals surface area contributed by atoms with Crippen molar-refractivity contribution in [3.8, 4) is 11.5 Å². The molecule has 2 aliphatic rings. The second-order valence-electron chi connectivity index (χ2n) is 8.04. The molecule has 0 aliphatic carbocycles. The molecule has 30 heavy (non-hydrogen) atoms. The molecule has 3 rings (SSSR count). The van der Waals surface area contributed by atoms with E-state index in [1.54, 1.807) is 7.11 Å². The summed E-state index contributed by atoms with van der Waals surface area (Å²) < 4.78 is 23.1. The summed E-state index contributed by atoms with van der Waals surface area (Å²) in [6, 6.07) is 7.66. The summed E-state index contributed by atoms with van der Waals surface area (Å²) >= 11 is 0. The first-order valence-corrected chi connectivity index (χ1v) is 11.2. The maximum atomic E-state index is 6.12. The van der Waals surface area contributed by atoms with E-state index >= 15 is 0 Å². The third-order valence-corrected chi connectivity index (χ3v) is 5.69. The van der Waals surface area contributed by atoms with Gasteiger partial charge in [0.15, 0.2) is 5.96 Å². The average molecular weight is 420 g/mol. The first-order chi connectivity index (χ1) is 14.7. The molecule has 0 spiro atoms. The zero-order valence-corrected chi connectivity index (χ0v) is 18.6. The standard InChI is InChI=1S/C23H37N3O4/c1-18(30-21-9-7-19(27-3)8-10-21)16-25-23(24-2)26-13-11-20(12-14-26)29-17-22-6-4-5-15-28-22/h7-10,18,20,22H,4-6,11-17H2,1-3H3,(H,24,25). The Morgan fingerprint density at radius 3 is 2.53 bits per heavy atom. The molecule has 2 saturated heterocycles. The first kappa shape index (κ1) is 22.7. The molecule has 2 heterocycles. The molecule has 1 aromatic carbocycles. The fourth-order valence-electron chi connectivity index (χ4n) is 3.91. The van der Waals surface area contributed by atoms with Crippen molar-refractivity contribution in [3.05, 3.63) is 24.3 Å². The van der Waals surface area contributed by atoms with Gasteiger partial charge in [-0.3, -0.25) is 4.99 Å². The van der Waals surface area contributed by atoms with Crippen LogP contribution in [0.25, 0.3) is 0 Å². The number of likely N-dealkylation sites (tertiary alicyclic amines) is 1. The molecule has 168 valence electrons. The van der Waals surface area contributed by atoms with Crippen LogP contribution in [0.3, 0.4) is 0 Å². The third kappa shape index (κ3) is 7.06. The quantitative estimate of drug-likeness (QED) is 0.516. The highest BCUT2D eigenvalue weighted by molar-refractivity contribution is 5.80. The van der Waals surface area contributed by atoms with Crippen LogP contribution in [-0.4, -0.2) is 76.2 Å². The van der Waals surface area contributed by atoms with Gasteiger partial charge in [0.25, 0.3) is 0 Å². The Hall–Kier alpha value is -1.99. The molecule has 7 heteroatoms. The van der Waals surface area contributed by atoms with Gasteiger partial charge in [-0.1, -0.05) is 0 Å². The highest BCUT2D eigenvalue weighted by atomic mass is 16.5. The maximum absolute atomic E-state index is 6.12. The highest BCUT2D eigenvalue weighted by Crippen LogP contribution is 2.19. The lowest BCUT2D eigenvalue weighted by Crippen LogP contribution is -2.49. The summed E-state index contributed by atoms with van der Waals surface area (Å²) in [5.74, 6) is 2.58.